The number of fused-ring (bicyclic) bond motifs is 1. The predicted octanol–water partition coefficient (Wildman–Crippen LogP) is 4.48. The third kappa shape index (κ3) is 4.53. The first kappa shape index (κ1) is 20.5. The van der Waals surface area contributed by atoms with Crippen LogP contribution < -0.4 is 15.4 Å². The first-order valence-electron chi connectivity index (χ1n) is 10.2. The van der Waals surface area contributed by atoms with E-state index in [2.05, 4.69) is 34.9 Å². The molecule has 1 heterocycles. The highest BCUT2D eigenvalue weighted by Crippen LogP contribution is 2.34. The molecule has 0 spiro atoms. The number of quaternary nitrogens is 1. The average molecular weight is 420 g/mol. The minimum atomic E-state index is -0.349. The lowest BCUT2D eigenvalue weighted by atomic mass is 9.99. The van der Waals surface area contributed by atoms with Gasteiger partial charge >= 0.3 is 0 Å². The van der Waals surface area contributed by atoms with Crippen LogP contribution in [0.15, 0.2) is 77.7 Å². The average Bonchev–Trinajstić information content (AvgIpc) is 2.78. The number of thioether (sulfide) groups is 1. The lowest BCUT2D eigenvalue weighted by Gasteiger charge is -2.27. The van der Waals surface area contributed by atoms with Crippen molar-refractivity contribution in [1.82, 2.24) is 0 Å². The standard InChI is InChI=1S/C25H26N2O2S/c1-17-12-13-22(29-2)21(16-17)27-25(28)24(18-8-4-3-5-9-18)26-20-14-15-30-23-11-7-6-10-19(20)23/h3-13,16,20,24,26H,14-15H2,1-2H3,(H,27,28)/p+1/t20-,24+/m0/s1. The Labute approximate surface area is 182 Å². The van der Waals surface area contributed by atoms with Crippen molar-refractivity contribution in [2.75, 3.05) is 18.2 Å². The number of methoxy groups -OCH3 is 1. The largest absolute Gasteiger partial charge is 0.495 e. The summed E-state index contributed by atoms with van der Waals surface area (Å²) < 4.78 is 5.46. The summed E-state index contributed by atoms with van der Waals surface area (Å²) in [5, 5.41) is 5.33. The molecule has 30 heavy (non-hydrogen) atoms. The van der Waals surface area contributed by atoms with Crippen LogP contribution in [0.25, 0.3) is 0 Å². The molecule has 0 unspecified atom stereocenters. The second-order valence-corrected chi connectivity index (χ2v) is 8.69. The lowest BCUT2D eigenvalue weighted by molar-refractivity contribution is -0.722. The topological polar surface area (TPSA) is 54.9 Å². The van der Waals surface area contributed by atoms with Gasteiger partial charge in [0.15, 0.2) is 6.04 Å². The fraction of sp³-hybridized carbons (Fsp3) is 0.240. The molecule has 1 amide bonds. The first-order chi connectivity index (χ1) is 14.7. The maximum Gasteiger partial charge on any atom is 0.287 e. The van der Waals surface area contributed by atoms with E-state index in [1.54, 1.807) is 7.11 Å². The van der Waals surface area contributed by atoms with Crippen molar-refractivity contribution in [3.8, 4) is 5.75 Å². The molecular formula is C25H27N2O2S+. The molecule has 0 radical (unpaired) electrons. The van der Waals surface area contributed by atoms with E-state index in [9.17, 15) is 4.79 Å². The first-order valence-corrected chi connectivity index (χ1v) is 11.2. The normalized spacial score (nSPS) is 16.4. The number of amides is 1. The summed E-state index contributed by atoms with van der Waals surface area (Å²) in [4.78, 5) is 14.8. The van der Waals surface area contributed by atoms with E-state index in [-0.39, 0.29) is 18.0 Å². The van der Waals surface area contributed by atoms with E-state index in [0.717, 1.165) is 23.3 Å². The molecule has 0 bridgehead atoms. The third-order valence-corrected chi connectivity index (χ3v) is 6.61. The quantitative estimate of drug-likeness (QED) is 0.619. The number of benzene rings is 3. The van der Waals surface area contributed by atoms with Gasteiger partial charge in [0.25, 0.3) is 5.91 Å². The van der Waals surface area contributed by atoms with Crippen molar-refractivity contribution in [2.45, 2.75) is 30.3 Å². The Balaban J connectivity index is 1.63. The molecule has 3 aromatic rings. The van der Waals surface area contributed by atoms with Crippen LogP contribution in [0.1, 0.15) is 35.2 Å². The molecule has 0 aromatic heterocycles. The van der Waals surface area contributed by atoms with E-state index in [1.165, 1.54) is 10.5 Å². The Morgan fingerprint density at radius 3 is 2.67 bits per heavy atom. The smallest absolute Gasteiger partial charge is 0.287 e. The van der Waals surface area contributed by atoms with Crippen LogP contribution in [0, 0.1) is 6.92 Å². The third-order valence-electron chi connectivity index (χ3n) is 5.48. The van der Waals surface area contributed by atoms with Crippen molar-refractivity contribution in [2.24, 2.45) is 0 Å². The number of hydrogen-bond donors (Lipinski definition) is 2. The number of aryl methyl sites for hydroxylation is 1. The monoisotopic (exact) mass is 419 g/mol. The van der Waals surface area contributed by atoms with Gasteiger partial charge in [-0.2, -0.15) is 0 Å². The number of rotatable bonds is 6. The highest BCUT2D eigenvalue weighted by atomic mass is 32.2. The zero-order valence-electron chi connectivity index (χ0n) is 17.3. The molecule has 2 atom stereocenters. The predicted molar refractivity (Wildman–Crippen MR) is 122 cm³/mol. The van der Waals surface area contributed by atoms with Gasteiger partial charge in [0.2, 0.25) is 0 Å². The van der Waals surface area contributed by atoms with Crippen LogP contribution in [0.4, 0.5) is 5.69 Å². The van der Waals surface area contributed by atoms with Crippen molar-refractivity contribution >= 4 is 23.4 Å². The highest BCUT2D eigenvalue weighted by molar-refractivity contribution is 7.99. The zero-order chi connectivity index (χ0) is 20.9. The molecule has 154 valence electrons. The second-order valence-electron chi connectivity index (χ2n) is 7.56. The minimum absolute atomic E-state index is 0.0409. The molecule has 0 saturated heterocycles. The number of nitrogens with two attached hydrogens (primary N) is 1. The van der Waals surface area contributed by atoms with Gasteiger partial charge in [-0.05, 0) is 30.7 Å². The maximum atomic E-state index is 13.5. The summed E-state index contributed by atoms with van der Waals surface area (Å²) in [6.45, 7) is 2.01. The lowest BCUT2D eigenvalue weighted by Crippen LogP contribution is -2.88. The fourth-order valence-corrected chi connectivity index (χ4v) is 5.09. The molecule has 1 aliphatic heterocycles. The van der Waals surface area contributed by atoms with Crippen LogP contribution in [-0.4, -0.2) is 18.8 Å². The van der Waals surface area contributed by atoms with Crippen LogP contribution in [0.2, 0.25) is 0 Å². The molecule has 4 nitrogen and oxygen atoms in total. The summed E-state index contributed by atoms with van der Waals surface area (Å²) in [7, 11) is 1.62. The van der Waals surface area contributed by atoms with E-state index < -0.39 is 0 Å². The van der Waals surface area contributed by atoms with Crippen molar-refractivity contribution in [1.29, 1.82) is 0 Å². The van der Waals surface area contributed by atoms with Crippen LogP contribution in [-0.2, 0) is 4.79 Å². The number of ether oxygens (including phenoxy) is 1. The molecule has 4 rings (SSSR count). The fourth-order valence-electron chi connectivity index (χ4n) is 3.94. The number of anilines is 1. The maximum absolute atomic E-state index is 13.5. The Kier molecular flexibility index (Phi) is 6.41. The number of carbonyl (C=O) groups excluding carboxylic acids is 1. The van der Waals surface area contributed by atoms with Crippen LogP contribution in [0.3, 0.4) is 0 Å². The van der Waals surface area contributed by atoms with E-state index in [4.69, 9.17) is 4.74 Å². The Bertz CT molecular complexity index is 1020. The van der Waals surface area contributed by atoms with E-state index in [1.807, 2.05) is 67.2 Å². The van der Waals surface area contributed by atoms with Gasteiger partial charge in [-0.15, -0.1) is 11.8 Å². The number of nitrogens with one attached hydrogen (secondary N) is 1. The summed E-state index contributed by atoms with van der Waals surface area (Å²) in [5.74, 6) is 1.69. The van der Waals surface area contributed by atoms with Gasteiger partial charge in [0, 0.05) is 28.2 Å². The Morgan fingerprint density at radius 2 is 1.87 bits per heavy atom. The molecule has 0 saturated carbocycles. The molecule has 3 aromatic carbocycles. The summed E-state index contributed by atoms with van der Waals surface area (Å²) in [5.41, 5.74) is 4.09. The molecule has 0 fully saturated rings. The van der Waals surface area contributed by atoms with Gasteiger partial charge < -0.3 is 15.4 Å². The van der Waals surface area contributed by atoms with Crippen molar-refractivity contribution in [3.63, 3.8) is 0 Å². The minimum Gasteiger partial charge on any atom is -0.495 e. The molecule has 3 N–H and O–H groups in total. The number of hydrogen-bond acceptors (Lipinski definition) is 3. The van der Waals surface area contributed by atoms with Gasteiger partial charge in [-0.25, -0.2) is 0 Å². The summed E-state index contributed by atoms with van der Waals surface area (Å²) in [6.07, 6.45) is 1.03. The molecule has 1 aliphatic rings. The van der Waals surface area contributed by atoms with Gasteiger partial charge in [-0.1, -0.05) is 54.6 Å². The zero-order valence-corrected chi connectivity index (χ0v) is 18.1. The van der Waals surface area contributed by atoms with E-state index >= 15 is 0 Å². The van der Waals surface area contributed by atoms with Gasteiger partial charge in [0.05, 0.1) is 12.8 Å². The molecular weight excluding hydrogens is 392 g/mol. The van der Waals surface area contributed by atoms with E-state index in [0.29, 0.717) is 11.4 Å². The van der Waals surface area contributed by atoms with Crippen molar-refractivity contribution < 1.29 is 14.8 Å². The summed E-state index contributed by atoms with van der Waals surface area (Å²) in [6, 6.07) is 24.3. The Morgan fingerprint density at radius 1 is 1.10 bits per heavy atom. The van der Waals surface area contributed by atoms with Crippen LogP contribution >= 0.6 is 11.8 Å². The second kappa shape index (κ2) is 9.37. The SMILES string of the molecule is COc1ccc(C)cc1NC(=O)[C@H]([NH2+][C@H]1CCSc2ccccc21)c1ccccc1. The Hall–Kier alpha value is -2.76. The van der Waals surface area contributed by atoms with Gasteiger partial charge in [0.1, 0.15) is 11.8 Å². The highest BCUT2D eigenvalue weighted by Gasteiger charge is 2.32. The molecule has 5 heteroatoms. The van der Waals surface area contributed by atoms with Gasteiger partial charge in [-0.3, -0.25) is 4.79 Å². The summed E-state index contributed by atoms with van der Waals surface area (Å²) >= 11 is 1.90. The molecule has 0 aliphatic carbocycles. The van der Waals surface area contributed by atoms with Crippen LogP contribution in [0.5, 0.6) is 5.75 Å². The van der Waals surface area contributed by atoms with Crippen molar-refractivity contribution in [3.05, 3.63) is 89.5 Å². The number of carbonyl (C=O) groups is 1.